The van der Waals surface area contributed by atoms with Crippen LogP contribution in [0.2, 0.25) is 0 Å². The third kappa shape index (κ3) is 9.02. The predicted octanol–water partition coefficient (Wildman–Crippen LogP) is 3.56. The lowest BCUT2D eigenvalue weighted by Crippen LogP contribution is -2.45. The van der Waals surface area contributed by atoms with Crippen molar-refractivity contribution < 1.29 is 0 Å². The smallest absolute Gasteiger partial charge is 0.104 e. The Labute approximate surface area is 120 Å². The van der Waals surface area contributed by atoms with Gasteiger partial charge in [-0.25, -0.2) is 0 Å². The van der Waals surface area contributed by atoms with Gasteiger partial charge in [0.15, 0.2) is 0 Å². The molecule has 0 aromatic heterocycles. The largest absolute Gasteiger partial charge is 0.303 e. The maximum Gasteiger partial charge on any atom is 0.104 e. The van der Waals surface area contributed by atoms with Crippen LogP contribution in [0.15, 0.2) is 0 Å². The quantitative estimate of drug-likeness (QED) is 0.582. The van der Waals surface area contributed by atoms with Gasteiger partial charge in [-0.15, -0.1) is 0 Å². The first kappa shape index (κ1) is 18.4. The maximum atomic E-state index is 9.29. The van der Waals surface area contributed by atoms with Crippen molar-refractivity contribution in [1.82, 2.24) is 10.2 Å². The lowest BCUT2D eigenvalue weighted by Gasteiger charge is -2.26. The molecule has 0 aromatic rings. The highest BCUT2D eigenvalue weighted by atomic mass is 15.1. The van der Waals surface area contributed by atoms with Crippen molar-refractivity contribution in [2.45, 2.75) is 78.3 Å². The number of nitrogens with zero attached hydrogens (tertiary/aromatic N) is 2. The Kier molecular flexibility index (Phi) is 9.91. The van der Waals surface area contributed by atoms with E-state index in [1.54, 1.807) is 0 Å². The summed E-state index contributed by atoms with van der Waals surface area (Å²) in [5, 5.41) is 12.7. The third-order valence-corrected chi connectivity index (χ3v) is 3.33. The average Bonchev–Trinajstić information content (AvgIpc) is 2.34. The summed E-state index contributed by atoms with van der Waals surface area (Å²) in [5.41, 5.74) is -0.367. The van der Waals surface area contributed by atoms with Gasteiger partial charge < -0.3 is 4.90 Å². The van der Waals surface area contributed by atoms with Gasteiger partial charge in [0.05, 0.1) is 6.07 Å². The number of nitriles is 1. The molecule has 3 nitrogen and oxygen atoms in total. The van der Waals surface area contributed by atoms with E-state index >= 15 is 0 Å². The minimum absolute atomic E-state index is 0.362. The topological polar surface area (TPSA) is 39.1 Å². The first-order valence-electron chi connectivity index (χ1n) is 7.88. The molecular weight excluding hydrogens is 234 g/mol. The SMILES string of the molecule is CCCN(CCC)CCCCC(C)(C#N)NC(C)C. The van der Waals surface area contributed by atoms with Crippen LogP contribution in [0.25, 0.3) is 0 Å². The molecule has 3 heteroatoms. The summed E-state index contributed by atoms with van der Waals surface area (Å²) < 4.78 is 0. The molecule has 0 aliphatic rings. The van der Waals surface area contributed by atoms with Gasteiger partial charge in [0.1, 0.15) is 5.54 Å². The second-order valence-electron chi connectivity index (χ2n) is 6.04. The van der Waals surface area contributed by atoms with Gasteiger partial charge in [-0.1, -0.05) is 13.8 Å². The standard InChI is InChI=1S/C16H33N3/c1-6-11-19(12-7-2)13-9-8-10-16(5,14-17)18-15(3)4/h15,18H,6-13H2,1-5H3. The Hall–Kier alpha value is -0.590. The molecule has 0 rings (SSSR count). The lowest BCUT2D eigenvalue weighted by molar-refractivity contribution is 0.262. The Morgan fingerprint density at radius 2 is 1.68 bits per heavy atom. The van der Waals surface area contributed by atoms with Gasteiger partial charge in [0, 0.05) is 6.04 Å². The highest BCUT2D eigenvalue weighted by Crippen LogP contribution is 2.14. The fourth-order valence-electron chi connectivity index (χ4n) is 2.58. The molecule has 0 fully saturated rings. The maximum absolute atomic E-state index is 9.29. The molecule has 0 saturated carbocycles. The number of hydrogen-bond donors (Lipinski definition) is 1. The van der Waals surface area contributed by atoms with Crippen molar-refractivity contribution >= 4 is 0 Å². The molecular formula is C16H33N3. The van der Waals surface area contributed by atoms with E-state index < -0.39 is 0 Å². The fraction of sp³-hybridized carbons (Fsp3) is 0.938. The van der Waals surface area contributed by atoms with Crippen LogP contribution in [0.5, 0.6) is 0 Å². The van der Waals surface area contributed by atoms with Crippen molar-refractivity contribution in [3.05, 3.63) is 0 Å². The first-order valence-corrected chi connectivity index (χ1v) is 7.88. The van der Waals surface area contributed by atoms with Crippen molar-refractivity contribution in [2.75, 3.05) is 19.6 Å². The Bertz CT molecular complexity index is 251. The van der Waals surface area contributed by atoms with Crippen LogP contribution < -0.4 is 5.32 Å². The van der Waals surface area contributed by atoms with E-state index in [0.29, 0.717) is 6.04 Å². The summed E-state index contributed by atoms with van der Waals surface area (Å²) in [5.74, 6) is 0. The Morgan fingerprint density at radius 1 is 1.11 bits per heavy atom. The summed E-state index contributed by atoms with van der Waals surface area (Å²) in [4.78, 5) is 2.54. The number of nitrogens with one attached hydrogen (secondary N) is 1. The van der Waals surface area contributed by atoms with Crippen LogP contribution in [-0.2, 0) is 0 Å². The van der Waals surface area contributed by atoms with Crippen LogP contribution in [0, 0.1) is 11.3 Å². The molecule has 19 heavy (non-hydrogen) atoms. The van der Waals surface area contributed by atoms with E-state index in [4.69, 9.17) is 0 Å². The lowest BCUT2D eigenvalue weighted by atomic mass is 9.95. The molecule has 0 heterocycles. The van der Waals surface area contributed by atoms with Gasteiger partial charge >= 0.3 is 0 Å². The van der Waals surface area contributed by atoms with Crippen LogP contribution in [0.1, 0.15) is 66.7 Å². The molecule has 0 saturated heterocycles. The highest BCUT2D eigenvalue weighted by molar-refractivity contribution is 5.04. The summed E-state index contributed by atoms with van der Waals surface area (Å²) in [6, 6.07) is 2.79. The van der Waals surface area contributed by atoms with Crippen LogP contribution in [0.4, 0.5) is 0 Å². The van der Waals surface area contributed by atoms with Crippen molar-refractivity contribution in [1.29, 1.82) is 5.26 Å². The second-order valence-corrected chi connectivity index (χ2v) is 6.04. The Morgan fingerprint density at radius 3 is 2.11 bits per heavy atom. The van der Waals surface area contributed by atoms with E-state index in [1.807, 2.05) is 6.92 Å². The van der Waals surface area contributed by atoms with Gasteiger partial charge in [-0.2, -0.15) is 5.26 Å². The zero-order chi connectivity index (χ0) is 14.7. The molecule has 0 spiro atoms. The van der Waals surface area contributed by atoms with E-state index in [1.165, 1.54) is 38.9 Å². The zero-order valence-electron chi connectivity index (χ0n) is 13.6. The molecule has 1 unspecified atom stereocenters. The van der Waals surface area contributed by atoms with Crippen molar-refractivity contribution in [3.8, 4) is 6.07 Å². The highest BCUT2D eigenvalue weighted by Gasteiger charge is 2.23. The predicted molar refractivity (Wildman–Crippen MR) is 83.2 cm³/mol. The normalized spacial score (nSPS) is 14.6. The minimum Gasteiger partial charge on any atom is -0.303 e. The van der Waals surface area contributed by atoms with E-state index in [-0.39, 0.29) is 5.54 Å². The first-order chi connectivity index (χ1) is 8.97. The third-order valence-electron chi connectivity index (χ3n) is 3.33. The molecule has 0 radical (unpaired) electrons. The van der Waals surface area contributed by atoms with E-state index in [9.17, 15) is 5.26 Å². The number of hydrogen-bond acceptors (Lipinski definition) is 3. The molecule has 0 aliphatic carbocycles. The summed E-state index contributed by atoms with van der Waals surface area (Å²) in [7, 11) is 0. The van der Waals surface area contributed by atoms with Gasteiger partial charge in [-0.3, -0.25) is 5.32 Å². The van der Waals surface area contributed by atoms with Gasteiger partial charge in [0.25, 0.3) is 0 Å². The Balaban J connectivity index is 3.96. The molecule has 1 atom stereocenters. The average molecular weight is 267 g/mol. The molecule has 1 N–H and O–H groups in total. The monoisotopic (exact) mass is 267 g/mol. The van der Waals surface area contributed by atoms with Crippen LogP contribution in [-0.4, -0.2) is 36.1 Å². The van der Waals surface area contributed by atoms with Crippen LogP contribution >= 0.6 is 0 Å². The molecule has 0 amide bonds. The zero-order valence-corrected chi connectivity index (χ0v) is 13.6. The van der Waals surface area contributed by atoms with Gasteiger partial charge in [-0.05, 0) is 72.5 Å². The minimum atomic E-state index is -0.367. The van der Waals surface area contributed by atoms with Gasteiger partial charge in [0.2, 0.25) is 0 Å². The van der Waals surface area contributed by atoms with Crippen molar-refractivity contribution in [3.63, 3.8) is 0 Å². The number of unbranched alkanes of at least 4 members (excludes halogenated alkanes) is 1. The summed E-state index contributed by atoms with van der Waals surface area (Å²) in [6.45, 7) is 14.3. The van der Waals surface area contributed by atoms with Crippen LogP contribution in [0.3, 0.4) is 0 Å². The van der Waals surface area contributed by atoms with E-state index in [2.05, 4.69) is 44.0 Å². The molecule has 0 aromatic carbocycles. The molecule has 112 valence electrons. The fourth-order valence-corrected chi connectivity index (χ4v) is 2.58. The number of rotatable bonds is 11. The summed E-state index contributed by atoms with van der Waals surface area (Å²) >= 11 is 0. The van der Waals surface area contributed by atoms with E-state index in [0.717, 1.165) is 12.8 Å². The molecule has 0 bridgehead atoms. The summed E-state index contributed by atoms with van der Waals surface area (Å²) in [6.07, 6.45) is 5.70. The second kappa shape index (κ2) is 10.2. The van der Waals surface area contributed by atoms with Crippen molar-refractivity contribution in [2.24, 2.45) is 0 Å². The molecule has 0 aliphatic heterocycles.